The predicted octanol–water partition coefficient (Wildman–Crippen LogP) is 2.71. The fraction of sp³-hybridized carbons (Fsp3) is 0.250. The number of carbonyl (C=O) groups is 2. The summed E-state index contributed by atoms with van der Waals surface area (Å²) in [4.78, 5) is 24.4. The SMILES string of the molecule is CC(C)NS(=O)(=O)Cc1ccc(CNC(=O)CNC(=O)c2ccc3ccccc3c2)cc1. The molecule has 0 saturated heterocycles. The molecular weight excluding hydrogens is 426 g/mol. The largest absolute Gasteiger partial charge is 0.350 e. The first-order valence-electron chi connectivity index (χ1n) is 10.3. The molecule has 0 heterocycles. The van der Waals surface area contributed by atoms with Gasteiger partial charge in [0.15, 0.2) is 0 Å². The summed E-state index contributed by atoms with van der Waals surface area (Å²) in [7, 11) is -3.38. The van der Waals surface area contributed by atoms with Crippen LogP contribution in [0.1, 0.15) is 35.3 Å². The van der Waals surface area contributed by atoms with E-state index in [1.807, 2.05) is 30.3 Å². The monoisotopic (exact) mass is 453 g/mol. The Morgan fingerprint density at radius 3 is 2.19 bits per heavy atom. The fourth-order valence-electron chi connectivity index (χ4n) is 3.23. The van der Waals surface area contributed by atoms with Crippen molar-refractivity contribution in [2.45, 2.75) is 32.2 Å². The van der Waals surface area contributed by atoms with Gasteiger partial charge >= 0.3 is 0 Å². The van der Waals surface area contributed by atoms with Gasteiger partial charge in [0.05, 0.1) is 12.3 Å². The molecule has 0 aliphatic rings. The average Bonchev–Trinajstić information content (AvgIpc) is 2.75. The number of carbonyl (C=O) groups excluding carboxylic acids is 2. The van der Waals surface area contributed by atoms with Gasteiger partial charge in [-0.3, -0.25) is 9.59 Å². The minimum absolute atomic E-state index is 0.0986. The summed E-state index contributed by atoms with van der Waals surface area (Å²) >= 11 is 0. The normalized spacial score (nSPS) is 11.5. The molecule has 0 atom stereocenters. The molecular formula is C24H27N3O4S. The van der Waals surface area contributed by atoms with Gasteiger partial charge in [-0.1, -0.05) is 54.6 Å². The Labute approximate surface area is 188 Å². The van der Waals surface area contributed by atoms with Gasteiger partial charge in [0.25, 0.3) is 5.91 Å². The van der Waals surface area contributed by atoms with Crippen LogP contribution in [0.3, 0.4) is 0 Å². The lowest BCUT2D eigenvalue weighted by Gasteiger charge is -2.10. The van der Waals surface area contributed by atoms with Gasteiger partial charge in [0.1, 0.15) is 0 Å². The maximum atomic E-state index is 12.3. The zero-order chi connectivity index (χ0) is 23.1. The summed E-state index contributed by atoms with van der Waals surface area (Å²) in [5.41, 5.74) is 1.99. The summed E-state index contributed by atoms with van der Waals surface area (Å²) in [6.07, 6.45) is 0. The van der Waals surface area contributed by atoms with E-state index in [-0.39, 0.29) is 36.7 Å². The second kappa shape index (κ2) is 10.4. The Bertz CT molecular complexity index is 1210. The molecule has 0 aromatic heterocycles. The second-order valence-corrected chi connectivity index (χ2v) is 9.62. The highest BCUT2D eigenvalue weighted by atomic mass is 32.2. The Kier molecular flexibility index (Phi) is 7.61. The summed E-state index contributed by atoms with van der Waals surface area (Å²) in [6.45, 7) is 3.69. The lowest BCUT2D eigenvalue weighted by molar-refractivity contribution is -0.120. The van der Waals surface area contributed by atoms with Gasteiger partial charge in [0.2, 0.25) is 15.9 Å². The smallest absolute Gasteiger partial charge is 0.251 e. The van der Waals surface area contributed by atoms with E-state index in [0.717, 1.165) is 16.3 Å². The number of hydrogen-bond acceptors (Lipinski definition) is 4. The van der Waals surface area contributed by atoms with E-state index in [1.165, 1.54) is 0 Å². The van der Waals surface area contributed by atoms with Crippen LogP contribution in [0, 0.1) is 0 Å². The zero-order valence-electron chi connectivity index (χ0n) is 18.1. The number of nitrogens with one attached hydrogen (secondary N) is 3. The first kappa shape index (κ1) is 23.4. The number of amides is 2. The predicted molar refractivity (Wildman–Crippen MR) is 125 cm³/mol. The maximum absolute atomic E-state index is 12.3. The molecule has 168 valence electrons. The summed E-state index contributed by atoms with van der Waals surface area (Å²) in [5, 5.41) is 7.37. The van der Waals surface area contributed by atoms with E-state index >= 15 is 0 Å². The molecule has 0 fully saturated rings. The fourth-order valence-corrected chi connectivity index (χ4v) is 4.66. The molecule has 0 spiro atoms. The van der Waals surface area contributed by atoms with Crippen LogP contribution in [-0.2, 0) is 27.1 Å². The van der Waals surface area contributed by atoms with Crippen LogP contribution in [0.15, 0.2) is 66.7 Å². The molecule has 7 nitrogen and oxygen atoms in total. The van der Waals surface area contributed by atoms with Crippen molar-refractivity contribution in [2.24, 2.45) is 0 Å². The van der Waals surface area contributed by atoms with Crippen molar-refractivity contribution in [3.8, 4) is 0 Å². The van der Waals surface area contributed by atoms with Gasteiger partial charge in [-0.2, -0.15) is 0 Å². The van der Waals surface area contributed by atoms with Crippen LogP contribution in [0.25, 0.3) is 10.8 Å². The van der Waals surface area contributed by atoms with Crippen molar-refractivity contribution in [2.75, 3.05) is 6.54 Å². The quantitative estimate of drug-likeness (QED) is 0.463. The van der Waals surface area contributed by atoms with E-state index in [0.29, 0.717) is 11.1 Å². The van der Waals surface area contributed by atoms with Gasteiger partial charge in [-0.15, -0.1) is 0 Å². The topological polar surface area (TPSA) is 104 Å². The lowest BCUT2D eigenvalue weighted by atomic mass is 10.1. The van der Waals surface area contributed by atoms with Crippen LogP contribution < -0.4 is 15.4 Å². The molecule has 0 saturated carbocycles. The second-order valence-electron chi connectivity index (χ2n) is 7.87. The first-order valence-corrected chi connectivity index (χ1v) is 12.0. The van der Waals surface area contributed by atoms with Crippen molar-refractivity contribution in [3.05, 3.63) is 83.4 Å². The Hall–Kier alpha value is -3.23. The Morgan fingerprint density at radius 2 is 1.50 bits per heavy atom. The average molecular weight is 454 g/mol. The maximum Gasteiger partial charge on any atom is 0.251 e. The molecule has 3 aromatic rings. The zero-order valence-corrected chi connectivity index (χ0v) is 18.9. The van der Waals surface area contributed by atoms with Crippen LogP contribution in [0.5, 0.6) is 0 Å². The molecule has 32 heavy (non-hydrogen) atoms. The summed E-state index contributed by atoms with van der Waals surface area (Å²) in [6, 6.07) is 20.0. The van der Waals surface area contributed by atoms with E-state index < -0.39 is 10.0 Å². The van der Waals surface area contributed by atoms with Gasteiger partial charge < -0.3 is 10.6 Å². The summed E-state index contributed by atoms with van der Waals surface area (Å²) < 4.78 is 26.5. The summed E-state index contributed by atoms with van der Waals surface area (Å²) in [5.74, 6) is -0.725. The molecule has 0 aliphatic carbocycles. The molecule has 3 N–H and O–H groups in total. The third-order valence-corrected chi connectivity index (χ3v) is 6.25. The highest BCUT2D eigenvalue weighted by Gasteiger charge is 2.13. The third kappa shape index (κ3) is 6.90. The molecule has 0 unspecified atom stereocenters. The van der Waals surface area contributed by atoms with Crippen LogP contribution in [0.4, 0.5) is 0 Å². The number of rotatable bonds is 9. The molecule has 0 aliphatic heterocycles. The van der Waals surface area contributed by atoms with Crippen molar-refractivity contribution < 1.29 is 18.0 Å². The number of fused-ring (bicyclic) bond motifs is 1. The number of benzene rings is 3. The minimum Gasteiger partial charge on any atom is -0.350 e. The van der Waals surface area contributed by atoms with Crippen LogP contribution >= 0.6 is 0 Å². The van der Waals surface area contributed by atoms with E-state index in [9.17, 15) is 18.0 Å². The minimum atomic E-state index is -3.38. The molecule has 2 amide bonds. The standard InChI is InChI=1S/C24H27N3O4S/c1-17(2)27-32(30,31)16-19-9-7-18(8-10-19)14-25-23(28)15-26-24(29)22-12-11-20-5-3-4-6-21(20)13-22/h3-13,17,27H,14-16H2,1-2H3,(H,25,28)(H,26,29). The van der Waals surface area contributed by atoms with Crippen molar-refractivity contribution in [1.29, 1.82) is 0 Å². The molecule has 0 bridgehead atoms. The van der Waals surface area contributed by atoms with E-state index in [2.05, 4.69) is 15.4 Å². The van der Waals surface area contributed by atoms with Gasteiger partial charge in [-0.25, -0.2) is 13.1 Å². The molecule has 3 rings (SSSR count). The van der Waals surface area contributed by atoms with Crippen LogP contribution in [-0.4, -0.2) is 32.8 Å². The highest BCUT2D eigenvalue weighted by molar-refractivity contribution is 7.88. The van der Waals surface area contributed by atoms with E-state index in [1.54, 1.807) is 50.2 Å². The number of sulfonamides is 1. The van der Waals surface area contributed by atoms with Gasteiger partial charge in [0, 0.05) is 18.2 Å². The number of hydrogen-bond donors (Lipinski definition) is 3. The van der Waals surface area contributed by atoms with Crippen molar-refractivity contribution in [1.82, 2.24) is 15.4 Å². The van der Waals surface area contributed by atoms with Crippen LogP contribution in [0.2, 0.25) is 0 Å². The molecule has 3 aromatic carbocycles. The Morgan fingerprint density at radius 1 is 0.844 bits per heavy atom. The molecule has 8 heteroatoms. The van der Waals surface area contributed by atoms with E-state index in [4.69, 9.17) is 0 Å². The van der Waals surface area contributed by atoms with Crippen molar-refractivity contribution in [3.63, 3.8) is 0 Å². The molecule has 0 radical (unpaired) electrons. The lowest BCUT2D eigenvalue weighted by Crippen LogP contribution is -2.36. The highest BCUT2D eigenvalue weighted by Crippen LogP contribution is 2.15. The van der Waals surface area contributed by atoms with Crippen molar-refractivity contribution >= 4 is 32.6 Å². The van der Waals surface area contributed by atoms with Gasteiger partial charge in [-0.05, 0) is 47.9 Å². The first-order chi connectivity index (χ1) is 15.2. The third-order valence-electron chi connectivity index (χ3n) is 4.71. The Balaban J connectivity index is 1.46.